The Kier molecular flexibility index (Phi) is 8.81. The van der Waals surface area contributed by atoms with Crippen LogP contribution in [0, 0.1) is 17.8 Å². The quantitative estimate of drug-likeness (QED) is 0.340. The van der Waals surface area contributed by atoms with Gasteiger partial charge in [0.25, 0.3) is 0 Å². The number of aromatic nitrogens is 1. The van der Waals surface area contributed by atoms with Gasteiger partial charge in [-0.2, -0.15) is 0 Å². The number of rotatable bonds is 12. The number of nitrogens with one attached hydrogen (secondary N) is 1. The van der Waals surface area contributed by atoms with Crippen molar-refractivity contribution in [3.05, 3.63) is 90.6 Å². The SMILES string of the molecule is C=CC(CNCc1ccccc1)C(CCC)CC(C)[C@H](O)c1ccnc2ccccc12. The lowest BCUT2D eigenvalue weighted by Crippen LogP contribution is -2.28. The van der Waals surface area contributed by atoms with Crippen molar-refractivity contribution < 1.29 is 5.11 Å². The molecule has 0 saturated heterocycles. The highest BCUT2D eigenvalue weighted by Crippen LogP contribution is 2.34. The van der Waals surface area contributed by atoms with Crippen molar-refractivity contribution in [2.45, 2.75) is 45.8 Å². The van der Waals surface area contributed by atoms with Crippen LogP contribution >= 0.6 is 0 Å². The molecule has 3 rings (SSSR count). The van der Waals surface area contributed by atoms with E-state index in [9.17, 15) is 5.11 Å². The van der Waals surface area contributed by atoms with Crippen LogP contribution in [0.15, 0.2) is 79.5 Å². The van der Waals surface area contributed by atoms with E-state index in [1.807, 2.05) is 30.3 Å². The highest BCUT2D eigenvalue weighted by Gasteiger charge is 2.25. The molecule has 1 heterocycles. The fourth-order valence-corrected chi connectivity index (χ4v) is 4.59. The zero-order valence-corrected chi connectivity index (χ0v) is 18.9. The fraction of sp³-hybridized carbons (Fsp3) is 0.393. The Balaban J connectivity index is 1.66. The molecule has 0 radical (unpaired) electrons. The van der Waals surface area contributed by atoms with E-state index in [0.717, 1.165) is 48.8 Å². The van der Waals surface area contributed by atoms with Gasteiger partial charge >= 0.3 is 0 Å². The number of nitrogens with zero attached hydrogens (tertiary/aromatic N) is 1. The van der Waals surface area contributed by atoms with Crippen molar-refractivity contribution >= 4 is 10.9 Å². The topological polar surface area (TPSA) is 45.1 Å². The van der Waals surface area contributed by atoms with Gasteiger partial charge in [0.15, 0.2) is 0 Å². The lowest BCUT2D eigenvalue weighted by atomic mass is 9.79. The van der Waals surface area contributed by atoms with E-state index >= 15 is 0 Å². The van der Waals surface area contributed by atoms with E-state index in [1.165, 1.54) is 5.56 Å². The maximum absolute atomic E-state index is 11.2. The van der Waals surface area contributed by atoms with Crippen molar-refractivity contribution in [1.82, 2.24) is 10.3 Å². The Bertz CT molecular complexity index is 935. The normalized spacial score (nSPS) is 15.3. The van der Waals surface area contributed by atoms with Crippen LogP contribution in [0.4, 0.5) is 0 Å². The molecule has 0 aliphatic rings. The number of aliphatic hydroxyl groups excluding tert-OH is 1. The van der Waals surface area contributed by atoms with Crippen molar-refractivity contribution in [2.75, 3.05) is 6.54 Å². The minimum atomic E-state index is -0.505. The third-order valence-electron chi connectivity index (χ3n) is 6.33. The summed E-state index contributed by atoms with van der Waals surface area (Å²) < 4.78 is 0. The van der Waals surface area contributed by atoms with E-state index in [1.54, 1.807) is 6.20 Å². The number of hydrogen-bond acceptors (Lipinski definition) is 3. The van der Waals surface area contributed by atoms with Gasteiger partial charge in [0, 0.05) is 24.7 Å². The Hall–Kier alpha value is -2.49. The summed E-state index contributed by atoms with van der Waals surface area (Å²) in [6.07, 6.45) is 6.63. The molecule has 0 bridgehead atoms. The average molecular weight is 417 g/mol. The number of pyridine rings is 1. The smallest absolute Gasteiger partial charge is 0.0822 e. The second-order valence-electron chi connectivity index (χ2n) is 8.64. The third kappa shape index (κ3) is 6.25. The van der Waals surface area contributed by atoms with Crippen LogP contribution < -0.4 is 5.32 Å². The van der Waals surface area contributed by atoms with Crippen molar-refractivity contribution in [2.24, 2.45) is 17.8 Å². The van der Waals surface area contributed by atoms with Crippen LogP contribution in [-0.2, 0) is 6.54 Å². The fourth-order valence-electron chi connectivity index (χ4n) is 4.59. The van der Waals surface area contributed by atoms with E-state index in [2.05, 4.69) is 67.1 Å². The first-order chi connectivity index (χ1) is 15.1. The van der Waals surface area contributed by atoms with Gasteiger partial charge in [-0.05, 0) is 47.4 Å². The molecule has 1 aromatic heterocycles. The number of fused-ring (bicyclic) bond motifs is 1. The molecule has 0 aliphatic heterocycles. The van der Waals surface area contributed by atoms with Gasteiger partial charge in [0.05, 0.1) is 11.6 Å². The molecule has 3 unspecified atom stereocenters. The first kappa shape index (κ1) is 23.2. The van der Waals surface area contributed by atoms with Crippen molar-refractivity contribution in [1.29, 1.82) is 0 Å². The minimum absolute atomic E-state index is 0.152. The Morgan fingerprint density at radius 1 is 1.06 bits per heavy atom. The minimum Gasteiger partial charge on any atom is -0.388 e. The molecule has 0 amide bonds. The zero-order valence-electron chi connectivity index (χ0n) is 18.9. The number of aliphatic hydroxyl groups is 1. The van der Waals surface area contributed by atoms with Crippen molar-refractivity contribution in [3.8, 4) is 0 Å². The van der Waals surface area contributed by atoms with E-state index in [0.29, 0.717) is 11.8 Å². The third-order valence-corrected chi connectivity index (χ3v) is 6.33. The largest absolute Gasteiger partial charge is 0.388 e. The highest BCUT2D eigenvalue weighted by atomic mass is 16.3. The second kappa shape index (κ2) is 11.8. The Labute approximate surface area is 187 Å². The maximum Gasteiger partial charge on any atom is 0.0822 e. The molecule has 3 heteroatoms. The maximum atomic E-state index is 11.2. The van der Waals surface area contributed by atoms with Gasteiger partial charge in [-0.15, -0.1) is 6.58 Å². The molecule has 2 N–H and O–H groups in total. The first-order valence-corrected chi connectivity index (χ1v) is 11.5. The average Bonchev–Trinajstić information content (AvgIpc) is 2.81. The number of hydrogen-bond donors (Lipinski definition) is 2. The summed E-state index contributed by atoms with van der Waals surface area (Å²) in [4.78, 5) is 4.44. The molecule has 3 nitrogen and oxygen atoms in total. The van der Waals surface area contributed by atoms with Crippen LogP contribution in [0.1, 0.15) is 50.3 Å². The van der Waals surface area contributed by atoms with Gasteiger partial charge in [-0.25, -0.2) is 0 Å². The zero-order chi connectivity index (χ0) is 22.1. The van der Waals surface area contributed by atoms with Gasteiger partial charge in [0.1, 0.15) is 0 Å². The molecule has 2 aromatic carbocycles. The van der Waals surface area contributed by atoms with Crippen LogP contribution in [0.25, 0.3) is 10.9 Å². The summed E-state index contributed by atoms with van der Waals surface area (Å²) >= 11 is 0. The molecular weight excluding hydrogens is 380 g/mol. The summed E-state index contributed by atoms with van der Waals surface area (Å²) in [6, 6.07) is 20.5. The highest BCUT2D eigenvalue weighted by molar-refractivity contribution is 5.82. The van der Waals surface area contributed by atoms with Gasteiger partial charge in [-0.1, -0.05) is 81.3 Å². The van der Waals surface area contributed by atoms with Crippen molar-refractivity contribution in [3.63, 3.8) is 0 Å². The second-order valence-corrected chi connectivity index (χ2v) is 8.64. The van der Waals surface area contributed by atoms with Gasteiger partial charge in [0.2, 0.25) is 0 Å². The number of para-hydroxylation sites is 1. The van der Waals surface area contributed by atoms with E-state index in [-0.39, 0.29) is 5.92 Å². The lowest BCUT2D eigenvalue weighted by molar-refractivity contribution is 0.0959. The van der Waals surface area contributed by atoms with Gasteiger partial charge in [-0.3, -0.25) is 4.98 Å². The summed E-state index contributed by atoms with van der Waals surface area (Å²) in [7, 11) is 0. The summed E-state index contributed by atoms with van der Waals surface area (Å²) in [5, 5.41) is 15.9. The molecule has 3 aromatic rings. The predicted molar refractivity (Wildman–Crippen MR) is 131 cm³/mol. The summed E-state index contributed by atoms with van der Waals surface area (Å²) in [5.41, 5.74) is 3.21. The Morgan fingerprint density at radius 2 is 1.81 bits per heavy atom. The van der Waals surface area contributed by atoms with E-state index < -0.39 is 6.10 Å². The molecule has 164 valence electrons. The van der Waals surface area contributed by atoms with Crippen LogP contribution in [-0.4, -0.2) is 16.6 Å². The van der Waals surface area contributed by atoms with E-state index in [4.69, 9.17) is 0 Å². The molecule has 0 fully saturated rings. The molecule has 0 aliphatic carbocycles. The monoisotopic (exact) mass is 416 g/mol. The molecule has 0 spiro atoms. The molecule has 0 saturated carbocycles. The summed E-state index contributed by atoms with van der Waals surface area (Å²) in [6.45, 7) is 10.3. The van der Waals surface area contributed by atoms with Crippen LogP contribution in [0.3, 0.4) is 0 Å². The lowest BCUT2D eigenvalue weighted by Gasteiger charge is -2.30. The molecule has 31 heavy (non-hydrogen) atoms. The molecular formula is C28H36N2O. The number of benzene rings is 2. The van der Waals surface area contributed by atoms with Crippen LogP contribution in [0.2, 0.25) is 0 Å². The Morgan fingerprint density at radius 3 is 2.55 bits per heavy atom. The standard InChI is InChI=1S/C28H36N2O/c1-4-11-24(23(5-2)20-29-19-22-12-7-6-8-13-22)18-21(3)28(31)26-16-17-30-27-15-10-9-14-25(26)27/h5-10,12-17,21,23-24,28-29,31H,2,4,11,18-20H2,1,3H3/t21?,23?,24?,28-/m0/s1. The summed E-state index contributed by atoms with van der Waals surface area (Å²) in [5.74, 6) is 1.02. The predicted octanol–water partition coefficient (Wildman–Crippen LogP) is 6.30. The van der Waals surface area contributed by atoms with Crippen LogP contribution in [0.5, 0.6) is 0 Å². The van der Waals surface area contributed by atoms with Gasteiger partial charge < -0.3 is 10.4 Å². The first-order valence-electron chi connectivity index (χ1n) is 11.5. The molecule has 4 atom stereocenters.